The summed E-state index contributed by atoms with van der Waals surface area (Å²) in [5.74, 6) is 0.870. The van der Waals surface area contributed by atoms with Crippen molar-refractivity contribution in [2.75, 3.05) is 12.8 Å². The van der Waals surface area contributed by atoms with Crippen molar-refractivity contribution in [1.29, 1.82) is 0 Å². The summed E-state index contributed by atoms with van der Waals surface area (Å²) in [6.45, 7) is 3.68. The first-order valence-corrected chi connectivity index (χ1v) is 8.14. The van der Waals surface area contributed by atoms with Crippen molar-refractivity contribution in [3.05, 3.63) is 23.8 Å². The maximum atomic E-state index is 7.44. The molecule has 0 aliphatic carbocycles. The maximum Gasteiger partial charge on any atom is 0.119 e. The average Bonchev–Trinajstić information content (AvgIpc) is 2.27. The molecule has 15 heavy (non-hydrogen) atoms. The van der Waals surface area contributed by atoms with Crippen LogP contribution in [0.15, 0.2) is 23.1 Å². The summed E-state index contributed by atoms with van der Waals surface area (Å²) in [4.78, 5) is 1.18. The number of hydrogen-bond donors (Lipinski definition) is 0. The predicted molar refractivity (Wildman–Crippen MR) is 74.0 cm³/mol. The molecular formula is C11H16OS3. The molecule has 1 nitrogen and oxygen atoms in total. The molecule has 84 valence electrons. The predicted octanol–water partition coefficient (Wildman–Crippen LogP) is 4.67. The number of aryl methyl sites for hydroxylation is 1. The van der Waals surface area contributed by atoms with Gasteiger partial charge in [-0.25, -0.2) is 0 Å². The van der Waals surface area contributed by atoms with Gasteiger partial charge in [0, 0.05) is 13.3 Å². The van der Waals surface area contributed by atoms with Crippen molar-refractivity contribution in [2.24, 2.45) is 0 Å². The van der Waals surface area contributed by atoms with E-state index in [1.54, 1.807) is 24.8 Å². The fourth-order valence-corrected chi connectivity index (χ4v) is 4.33. The lowest BCUT2D eigenvalue weighted by atomic mass is 10.1. The van der Waals surface area contributed by atoms with Crippen LogP contribution in [0.4, 0.5) is 0 Å². The minimum Gasteiger partial charge on any atom is -0.497 e. The molecule has 0 radical (unpaired) electrons. The first-order chi connectivity index (χ1) is 7.96. The second-order valence-corrected chi connectivity index (χ2v) is 6.72. The molecule has 1 aromatic carbocycles. The molecule has 0 bridgehead atoms. The molecule has 0 spiro atoms. The Kier molecular flexibility index (Phi) is 5.02. The van der Waals surface area contributed by atoms with Gasteiger partial charge in [0.2, 0.25) is 0 Å². The van der Waals surface area contributed by atoms with E-state index in [1.807, 2.05) is 18.2 Å². The molecule has 4 heteroatoms. The van der Waals surface area contributed by atoms with Crippen LogP contribution < -0.4 is 4.74 Å². The van der Waals surface area contributed by atoms with E-state index in [4.69, 9.17) is 7.48 Å². The largest absolute Gasteiger partial charge is 0.497 e. The zero-order valence-corrected chi connectivity index (χ0v) is 11.5. The van der Waals surface area contributed by atoms with Crippen LogP contribution in [0.25, 0.3) is 0 Å². The third-order valence-corrected chi connectivity index (χ3v) is 5.44. The van der Waals surface area contributed by atoms with Gasteiger partial charge >= 0.3 is 0 Å². The molecule has 0 aliphatic rings. The Balaban J connectivity index is 2.64. The lowest BCUT2D eigenvalue weighted by Crippen LogP contribution is -1.88. The van der Waals surface area contributed by atoms with Crippen molar-refractivity contribution in [2.45, 2.75) is 25.2 Å². The van der Waals surface area contributed by atoms with Crippen LogP contribution in [-0.4, -0.2) is 12.8 Å². The molecular weight excluding hydrogens is 244 g/mol. The Morgan fingerprint density at radius 1 is 1.40 bits per heavy atom. The number of methoxy groups -OCH3 is 1. The molecule has 0 aromatic heterocycles. The fraction of sp³-hybridized carbons (Fsp3) is 0.455. The van der Waals surface area contributed by atoms with Gasteiger partial charge in [0.15, 0.2) is 0 Å². The van der Waals surface area contributed by atoms with Crippen LogP contribution in [0.2, 0.25) is 0 Å². The van der Waals surface area contributed by atoms with E-state index in [0.29, 0.717) is 0 Å². The van der Waals surface area contributed by atoms with Gasteiger partial charge in [-0.1, -0.05) is 24.6 Å². The molecule has 0 saturated heterocycles. The Bertz CT molecular complexity index is 366. The molecule has 0 atom stereocenters. The van der Waals surface area contributed by atoms with Crippen molar-refractivity contribution in [3.8, 4) is 5.75 Å². The van der Waals surface area contributed by atoms with Crippen molar-refractivity contribution < 1.29 is 7.48 Å². The highest BCUT2D eigenvalue weighted by Gasteiger charge is 2.03. The maximum absolute atomic E-state index is 7.44. The molecule has 0 heterocycles. The van der Waals surface area contributed by atoms with Crippen LogP contribution in [0, 0.1) is 0 Å². The van der Waals surface area contributed by atoms with Crippen molar-refractivity contribution >= 4 is 31.4 Å². The van der Waals surface area contributed by atoms with E-state index in [0.717, 1.165) is 12.2 Å². The van der Waals surface area contributed by atoms with Crippen molar-refractivity contribution in [3.63, 3.8) is 0 Å². The summed E-state index contributed by atoms with van der Waals surface area (Å²) in [5, 5.41) is 0. The third-order valence-electron chi connectivity index (χ3n) is 1.89. The molecule has 0 aliphatic heterocycles. The summed E-state index contributed by atoms with van der Waals surface area (Å²) in [5.41, 5.74) is 0.0374. The normalized spacial score (nSPS) is 13.3. The summed E-state index contributed by atoms with van der Waals surface area (Å²) in [6.07, 6.45) is 0.948. The second-order valence-electron chi connectivity index (χ2n) is 2.77. The van der Waals surface area contributed by atoms with Gasteiger partial charge in [-0.2, -0.15) is 0 Å². The Morgan fingerprint density at radius 2 is 2.20 bits per heavy atom. The standard InChI is InChI=1S/C11H16OS3/c1-4-9-8-10(12-3)6-7-11(9)14-15-13-5-2/h6-8H,4-5H2,1-3H3/i5D2. The zero-order chi connectivity index (χ0) is 12.9. The van der Waals surface area contributed by atoms with Crippen molar-refractivity contribution in [1.82, 2.24) is 0 Å². The summed E-state index contributed by atoms with van der Waals surface area (Å²) >= 11 is 0. The number of rotatable bonds is 6. The van der Waals surface area contributed by atoms with Gasteiger partial charge in [0.05, 0.1) is 7.11 Å². The molecule has 0 fully saturated rings. The minimum absolute atomic E-state index is 0.870. The van der Waals surface area contributed by atoms with E-state index in [1.165, 1.54) is 31.1 Å². The van der Waals surface area contributed by atoms with Gasteiger partial charge in [0.25, 0.3) is 0 Å². The summed E-state index contributed by atoms with van der Waals surface area (Å²) in [6, 6.07) is 6.00. The average molecular weight is 262 g/mol. The monoisotopic (exact) mass is 262 g/mol. The number of hydrogen-bond acceptors (Lipinski definition) is 4. The highest BCUT2D eigenvalue weighted by atomic mass is 33.5. The van der Waals surface area contributed by atoms with E-state index >= 15 is 0 Å². The Morgan fingerprint density at radius 3 is 2.80 bits per heavy atom. The van der Waals surface area contributed by atoms with Crippen LogP contribution in [0.3, 0.4) is 0 Å². The van der Waals surface area contributed by atoms with E-state index in [9.17, 15) is 0 Å². The lowest BCUT2D eigenvalue weighted by Gasteiger charge is -2.08. The quantitative estimate of drug-likeness (QED) is 0.689. The van der Waals surface area contributed by atoms with Gasteiger partial charge in [-0.3, -0.25) is 0 Å². The number of benzene rings is 1. The SMILES string of the molecule is [2H]C([2H])(C)SSSc1ccc(OC)cc1CC. The molecule has 0 saturated carbocycles. The highest BCUT2D eigenvalue weighted by Crippen LogP contribution is 2.42. The lowest BCUT2D eigenvalue weighted by molar-refractivity contribution is 0.414. The van der Waals surface area contributed by atoms with Crippen LogP contribution in [0.1, 0.15) is 22.2 Å². The molecule has 0 unspecified atom stereocenters. The Hall–Kier alpha value is 0.0700. The number of ether oxygens (including phenoxy) is 1. The van der Waals surface area contributed by atoms with E-state index in [-0.39, 0.29) is 0 Å². The van der Waals surface area contributed by atoms with E-state index < -0.39 is 5.70 Å². The van der Waals surface area contributed by atoms with Gasteiger partial charge in [-0.15, -0.1) is 0 Å². The fourth-order valence-electron chi connectivity index (χ4n) is 1.13. The van der Waals surface area contributed by atoms with Gasteiger partial charge < -0.3 is 4.74 Å². The van der Waals surface area contributed by atoms with E-state index in [2.05, 4.69) is 6.92 Å². The minimum atomic E-state index is -1.20. The van der Waals surface area contributed by atoms with Gasteiger partial charge in [-0.05, 0) is 50.8 Å². The van der Waals surface area contributed by atoms with Crippen LogP contribution in [-0.2, 0) is 6.42 Å². The first kappa shape index (κ1) is 10.2. The zero-order valence-electron chi connectivity index (χ0n) is 11.1. The molecule has 0 amide bonds. The molecule has 1 rings (SSSR count). The summed E-state index contributed by atoms with van der Waals surface area (Å²) in [7, 11) is 5.98. The molecule has 1 aromatic rings. The first-order valence-electron chi connectivity index (χ1n) is 5.65. The van der Waals surface area contributed by atoms with Crippen LogP contribution in [0.5, 0.6) is 5.75 Å². The summed E-state index contributed by atoms with van der Waals surface area (Å²) < 4.78 is 20.1. The topological polar surface area (TPSA) is 9.23 Å². The smallest absolute Gasteiger partial charge is 0.119 e. The van der Waals surface area contributed by atoms with Crippen LogP contribution >= 0.6 is 31.4 Å². The Labute approximate surface area is 106 Å². The highest BCUT2D eigenvalue weighted by molar-refractivity contribution is 9.09. The molecule has 0 N–H and O–H groups in total. The second kappa shape index (κ2) is 7.36. The third kappa shape index (κ3) is 4.21. The van der Waals surface area contributed by atoms with Gasteiger partial charge in [0.1, 0.15) is 5.75 Å².